The van der Waals surface area contributed by atoms with E-state index in [-0.39, 0.29) is 6.04 Å². The van der Waals surface area contributed by atoms with Crippen molar-refractivity contribution >= 4 is 0 Å². The van der Waals surface area contributed by atoms with Crippen molar-refractivity contribution in [2.75, 3.05) is 20.6 Å². The molecule has 1 aromatic rings. The van der Waals surface area contributed by atoms with Gasteiger partial charge in [-0.25, -0.2) is 0 Å². The first-order valence-electron chi connectivity index (χ1n) is 5.82. The molecule has 1 fully saturated rings. The fourth-order valence-electron chi connectivity index (χ4n) is 1.70. The van der Waals surface area contributed by atoms with Gasteiger partial charge in [0.05, 0.1) is 6.10 Å². The van der Waals surface area contributed by atoms with Crippen LogP contribution in [-0.2, 0) is 0 Å². The van der Waals surface area contributed by atoms with Gasteiger partial charge in [0.15, 0.2) is 0 Å². The summed E-state index contributed by atoms with van der Waals surface area (Å²) in [7, 11) is 4.06. The van der Waals surface area contributed by atoms with Crippen LogP contribution in [-0.4, -0.2) is 31.6 Å². The Balaban J connectivity index is 2.02. The minimum atomic E-state index is 0.0535. The van der Waals surface area contributed by atoms with Crippen LogP contribution in [0.4, 0.5) is 0 Å². The summed E-state index contributed by atoms with van der Waals surface area (Å²) in [5.74, 6) is 0.953. The molecule has 0 saturated heterocycles. The summed E-state index contributed by atoms with van der Waals surface area (Å²) in [5, 5.41) is 0. The van der Waals surface area contributed by atoms with Crippen LogP contribution in [0.15, 0.2) is 24.3 Å². The van der Waals surface area contributed by atoms with Crippen LogP contribution in [0.1, 0.15) is 24.4 Å². The Morgan fingerprint density at radius 2 is 2.19 bits per heavy atom. The van der Waals surface area contributed by atoms with E-state index < -0.39 is 0 Å². The molecule has 0 spiro atoms. The molecule has 1 aliphatic carbocycles. The van der Waals surface area contributed by atoms with Gasteiger partial charge in [0.2, 0.25) is 0 Å². The minimum Gasteiger partial charge on any atom is -0.490 e. The maximum atomic E-state index is 6.11. The zero-order chi connectivity index (χ0) is 11.5. The smallest absolute Gasteiger partial charge is 0.120 e. The lowest BCUT2D eigenvalue weighted by Crippen LogP contribution is -2.25. The predicted molar refractivity (Wildman–Crippen MR) is 65.6 cm³/mol. The highest BCUT2D eigenvalue weighted by atomic mass is 16.5. The monoisotopic (exact) mass is 220 g/mol. The second-order valence-corrected chi connectivity index (χ2v) is 4.76. The number of nitrogens with two attached hydrogens (primary N) is 1. The summed E-state index contributed by atoms with van der Waals surface area (Å²) in [6.07, 6.45) is 2.82. The topological polar surface area (TPSA) is 38.5 Å². The van der Waals surface area contributed by atoms with Gasteiger partial charge in [0.1, 0.15) is 5.75 Å². The van der Waals surface area contributed by atoms with E-state index in [2.05, 4.69) is 17.0 Å². The van der Waals surface area contributed by atoms with Gasteiger partial charge in [0.25, 0.3) is 0 Å². The van der Waals surface area contributed by atoms with Gasteiger partial charge in [-0.3, -0.25) is 0 Å². The van der Waals surface area contributed by atoms with E-state index >= 15 is 0 Å². The molecule has 2 N–H and O–H groups in total. The molecule has 1 saturated carbocycles. The molecule has 0 aromatic heterocycles. The Kier molecular flexibility index (Phi) is 3.46. The van der Waals surface area contributed by atoms with Crippen LogP contribution in [0.5, 0.6) is 5.75 Å². The highest BCUT2D eigenvalue weighted by Gasteiger charge is 2.23. The molecule has 16 heavy (non-hydrogen) atoms. The summed E-state index contributed by atoms with van der Waals surface area (Å²) < 4.78 is 5.75. The molecular formula is C13H20N2O. The summed E-state index contributed by atoms with van der Waals surface area (Å²) >= 11 is 0. The number of likely N-dealkylation sites (N-methyl/N-ethyl adjacent to an activating group) is 1. The molecule has 1 unspecified atom stereocenters. The quantitative estimate of drug-likeness (QED) is 0.822. The van der Waals surface area contributed by atoms with Crippen molar-refractivity contribution in [3.05, 3.63) is 29.8 Å². The summed E-state index contributed by atoms with van der Waals surface area (Å²) in [6.45, 7) is 0.854. The van der Waals surface area contributed by atoms with Crippen LogP contribution in [0.3, 0.4) is 0 Å². The molecule has 1 aliphatic rings. The minimum absolute atomic E-state index is 0.0535. The van der Waals surface area contributed by atoms with E-state index in [1.807, 2.05) is 26.2 Å². The van der Waals surface area contributed by atoms with Gasteiger partial charge in [-0.15, -0.1) is 0 Å². The first-order valence-corrected chi connectivity index (χ1v) is 5.82. The Labute approximate surface area is 97.2 Å². The van der Waals surface area contributed by atoms with Crippen molar-refractivity contribution in [2.24, 2.45) is 5.73 Å². The molecular weight excluding hydrogens is 200 g/mol. The number of nitrogens with zero attached hydrogens (tertiary/aromatic N) is 1. The summed E-state index contributed by atoms with van der Waals surface area (Å²) in [6, 6.07) is 8.20. The van der Waals surface area contributed by atoms with Crippen molar-refractivity contribution in [2.45, 2.75) is 25.0 Å². The third-order valence-electron chi connectivity index (χ3n) is 2.68. The third kappa shape index (κ3) is 3.22. The second-order valence-electron chi connectivity index (χ2n) is 4.76. The van der Waals surface area contributed by atoms with Crippen molar-refractivity contribution in [1.82, 2.24) is 4.90 Å². The zero-order valence-electron chi connectivity index (χ0n) is 10.0. The average molecular weight is 220 g/mol. The first-order chi connectivity index (χ1) is 7.65. The molecule has 0 aliphatic heterocycles. The van der Waals surface area contributed by atoms with Gasteiger partial charge in [-0.1, -0.05) is 12.1 Å². The maximum Gasteiger partial charge on any atom is 0.120 e. The summed E-state index contributed by atoms with van der Waals surface area (Å²) in [4.78, 5) is 2.10. The predicted octanol–water partition coefficient (Wildman–Crippen LogP) is 1.79. The summed E-state index contributed by atoms with van der Waals surface area (Å²) in [5.41, 5.74) is 7.26. The lowest BCUT2D eigenvalue weighted by atomic mass is 10.1. The molecule has 3 heteroatoms. The van der Waals surface area contributed by atoms with Crippen LogP contribution < -0.4 is 10.5 Å². The Bertz CT molecular complexity index is 348. The fourth-order valence-corrected chi connectivity index (χ4v) is 1.70. The van der Waals surface area contributed by atoms with E-state index in [1.54, 1.807) is 0 Å². The van der Waals surface area contributed by atoms with Crippen molar-refractivity contribution < 1.29 is 4.74 Å². The van der Waals surface area contributed by atoms with Crippen molar-refractivity contribution in [3.63, 3.8) is 0 Å². The van der Waals surface area contributed by atoms with Crippen LogP contribution >= 0.6 is 0 Å². The van der Waals surface area contributed by atoms with Gasteiger partial charge in [0, 0.05) is 12.6 Å². The van der Waals surface area contributed by atoms with E-state index in [4.69, 9.17) is 10.5 Å². The molecule has 1 atom stereocenters. The zero-order valence-corrected chi connectivity index (χ0v) is 10.0. The number of ether oxygens (including phenoxy) is 1. The largest absolute Gasteiger partial charge is 0.490 e. The molecule has 0 amide bonds. The number of hydrogen-bond donors (Lipinski definition) is 1. The molecule has 0 radical (unpaired) electrons. The standard InChI is InChI=1S/C13H20N2O/c1-15(2)9-13(14)10-4-3-5-12(8-10)16-11-6-7-11/h3-5,8,11,13H,6-7,9,14H2,1-2H3. The Hall–Kier alpha value is -1.06. The lowest BCUT2D eigenvalue weighted by molar-refractivity contribution is 0.302. The highest BCUT2D eigenvalue weighted by molar-refractivity contribution is 5.31. The van der Waals surface area contributed by atoms with Gasteiger partial charge >= 0.3 is 0 Å². The van der Waals surface area contributed by atoms with Gasteiger partial charge < -0.3 is 15.4 Å². The molecule has 2 rings (SSSR count). The maximum absolute atomic E-state index is 6.11. The normalized spacial score (nSPS) is 17.5. The van der Waals surface area contributed by atoms with Crippen LogP contribution in [0, 0.1) is 0 Å². The molecule has 0 bridgehead atoms. The van der Waals surface area contributed by atoms with E-state index in [0.29, 0.717) is 6.10 Å². The number of benzene rings is 1. The van der Waals surface area contributed by atoms with Crippen LogP contribution in [0.2, 0.25) is 0 Å². The van der Waals surface area contributed by atoms with Crippen molar-refractivity contribution in [1.29, 1.82) is 0 Å². The van der Waals surface area contributed by atoms with E-state index in [0.717, 1.165) is 17.9 Å². The lowest BCUT2D eigenvalue weighted by Gasteiger charge is -2.17. The molecule has 88 valence electrons. The average Bonchev–Trinajstić information content (AvgIpc) is 3.01. The van der Waals surface area contributed by atoms with Gasteiger partial charge in [-0.05, 0) is 44.6 Å². The van der Waals surface area contributed by atoms with Gasteiger partial charge in [-0.2, -0.15) is 0 Å². The number of rotatable bonds is 5. The first kappa shape index (κ1) is 11.4. The van der Waals surface area contributed by atoms with Crippen molar-refractivity contribution in [3.8, 4) is 5.75 Å². The molecule has 1 aromatic carbocycles. The Morgan fingerprint density at radius 1 is 1.44 bits per heavy atom. The SMILES string of the molecule is CN(C)CC(N)c1cccc(OC2CC2)c1. The van der Waals surface area contributed by atoms with E-state index in [9.17, 15) is 0 Å². The van der Waals surface area contributed by atoms with Crippen LogP contribution in [0.25, 0.3) is 0 Å². The van der Waals surface area contributed by atoms with E-state index in [1.165, 1.54) is 12.8 Å². The second kappa shape index (κ2) is 4.85. The molecule has 3 nitrogen and oxygen atoms in total. The third-order valence-corrected chi connectivity index (χ3v) is 2.68. The highest BCUT2D eigenvalue weighted by Crippen LogP contribution is 2.27. The Morgan fingerprint density at radius 3 is 2.81 bits per heavy atom. The fraction of sp³-hybridized carbons (Fsp3) is 0.538. The molecule has 0 heterocycles. The number of hydrogen-bond acceptors (Lipinski definition) is 3.